The highest BCUT2D eigenvalue weighted by Gasteiger charge is 2.71. The minimum atomic E-state index is -4.96. The van der Waals surface area contributed by atoms with E-state index >= 15 is 0 Å². The topological polar surface area (TPSA) is 147 Å². The van der Waals surface area contributed by atoms with Crippen molar-refractivity contribution in [1.29, 1.82) is 0 Å². The number of aromatic nitrogens is 1. The van der Waals surface area contributed by atoms with Crippen molar-refractivity contribution in [2.24, 2.45) is 22.2 Å². The fourth-order valence-electron chi connectivity index (χ4n) is 8.88. The average molecular weight is 844 g/mol. The van der Waals surface area contributed by atoms with Crippen LogP contribution in [0, 0.1) is 39.6 Å². The molecule has 3 atom stereocenters. The Balaban J connectivity index is 1.08. The van der Waals surface area contributed by atoms with Gasteiger partial charge in [-0.25, -0.2) is 31.3 Å². The van der Waals surface area contributed by atoms with Crippen LogP contribution in [0.1, 0.15) is 45.4 Å². The first-order valence-electron chi connectivity index (χ1n) is 18.5. The number of likely N-dealkylation sites (tertiary alicyclic amines) is 1. The Hall–Kier alpha value is -4.01. The van der Waals surface area contributed by atoms with Crippen molar-refractivity contribution in [3.8, 4) is 0 Å². The molecule has 57 heavy (non-hydrogen) atoms. The van der Waals surface area contributed by atoms with E-state index in [-0.39, 0.29) is 57.1 Å². The number of halogens is 6. The van der Waals surface area contributed by atoms with Gasteiger partial charge in [0.05, 0.1) is 52.8 Å². The number of hydrogen-bond acceptors (Lipinski definition) is 10. The Labute approximate surface area is 327 Å². The molecule has 2 saturated carbocycles. The summed E-state index contributed by atoms with van der Waals surface area (Å²) in [5.41, 5.74) is -1.78. The molecule has 1 aromatic heterocycles. The smallest absolute Gasteiger partial charge is 0.378 e. The number of nitrogens with zero attached hydrogens (tertiary/aromatic N) is 3. The van der Waals surface area contributed by atoms with Crippen molar-refractivity contribution in [3.05, 3.63) is 53.3 Å². The van der Waals surface area contributed by atoms with Crippen molar-refractivity contribution in [1.82, 2.24) is 19.9 Å². The van der Waals surface area contributed by atoms with Crippen LogP contribution in [0.2, 0.25) is 0 Å². The molecule has 3 aromatic rings. The van der Waals surface area contributed by atoms with E-state index in [0.717, 1.165) is 30.6 Å². The Morgan fingerprint density at radius 3 is 2.39 bits per heavy atom. The molecule has 4 saturated heterocycles. The summed E-state index contributed by atoms with van der Waals surface area (Å²) in [6.07, 6.45) is -3.32. The number of amides is 3. The van der Waals surface area contributed by atoms with Crippen LogP contribution in [0.15, 0.2) is 40.7 Å². The van der Waals surface area contributed by atoms with E-state index in [1.165, 1.54) is 35.9 Å². The van der Waals surface area contributed by atoms with Gasteiger partial charge in [0, 0.05) is 49.1 Å². The lowest BCUT2D eigenvalue weighted by Crippen LogP contribution is -2.67. The summed E-state index contributed by atoms with van der Waals surface area (Å²) in [7, 11) is -4.96. The Morgan fingerprint density at radius 1 is 1.04 bits per heavy atom. The summed E-state index contributed by atoms with van der Waals surface area (Å²) in [5.74, 6) is -7.44. The number of nitrogens with one attached hydrogen (secondary N) is 2. The van der Waals surface area contributed by atoms with Gasteiger partial charge < -0.3 is 24.6 Å². The molecule has 0 unspecified atom stereocenters. The third-order valence-corrected chi connectivity index (χ3v) is 14.7. The number of carbonyl (C=O) groups excluding carboxylic acids is 3. The number of anilines is 1. The van der Waals surface area contributed by atoms with E-state index in [0.29, 0.717) is 40.7 Å². The molecule has 308 valence electrons. The largest absolute Gasteiger partial charge is 0.403 e. The van der Waals surface area contributed by atoms with Gasteiger partial charge in [0.25, 0.3) is 15.9 Å². The number of carbonyl (C=O) groups is 3. The van der Waals surface area contributed by atoms with Crippen LogP contribution in [0.25, 0.3) is 10.2 Å². The molecule has 1 spiro atoms. The third kappa shape index (κ3) is 7.13. The molecule has 6 aliphatic rings. The zero-order chi connectivity index (χ0) is 40.7. The quantitative estimate of drug-likeness (QED) is 0.263. The van der Waals surface area contributed by atoms with Crippen molar-refractivity contribution in [2.75, 3.05) is 44.3 Å². The first kappa shape index (κ1) is 39.8. The van der Waals surface area contributed by atoms with Crippen LogP contribution in [-0.4, -0.2) is 99.8 Å². The van der Waals surface area contributed by atoms with Crippen LogP contribution < -0.4 is 14.9 Å². The number of benzene rings is 2. The number of alkyl halides is 3. The molecule has 9 rings (SSSR count). The lowest BCUT2D eigenvalue weighted by atomic mass is 9.70. The van der Waals surface area contributed by atoms with E-state index in [1.54, 1.807) is 9.62 Å². The van der Waals surface area contributed by atoms with E-state index in [1.807, 2.05) is 0 Å². The maximum absolute atomic E-state index is 14.8. The van der Waals surface area contributed by atoms with Crippen LogP contribution in [0.5, 0.6) is 0 Å². The van der Waals surface area contributed by atoms with Gasteiger partial charge in [0.2, 0.25) is 11.8 Å². The highest BCUT2D eigenvalue weighted by Crippen LogP contribution is 2.60. The SMILES string of the molecule is C[C@@H](OCC12CCC(CC1)OC2)[C@H](NC(=O)[C@@H]1CN(c2cc(F)cc3ncsc23)CC12CN(C(=O)C1(C(F)(F)F)CC1)C2)C(=O)NS(=O)(=O)c1ccc(F)cc1F. The molecular formula is C37H39F6N5O7S2. The van der Waals surface area contributed by atoms with Crippen LogP contribution in [-0.2, 0) is 33.9 Å². The lowest BCUT2D eigenvalue weighted by molar-refractivity contribution is -0.205. The van der Waals surface area contributed by atoms with Gasteiger partial charge in [-0.05, 0) is 63.6 Å². The highest BCUT2D eigenvalue weighted by atomic mass is 32.2. The fraction of sp³-hybridized carbons (Fsp3) is 0.568. The molecule has 12 nitrogen and oxygen atoms in total. The lowest BCUT2D eigenvalue weighted by Gasteiger charge is -2.51. The normalized spacial score (nSPS) is 25.9. The molecule has 5 heterocycles. The number of rotatable bonds is 11. The summed E-state index contributed by atoms with van der Waals surface area (Å²) in [6, 6.07) is 2.45. The second-order valence-electron chi connectivity index (χ2n) is 16.2. The average Bonchev–Trinajstić information content (AvgIpc) is 3.68. The third-order valence-electron chi connectivity index (χ3n) is 12.4. The number of ether oxygens (including phenoxy) is 2. The maximum atomic E-state index is 14.8. The predicted molar refractivity (Wildman–Crippen MR) is 192 cm³/mol. The van der Waals surface area contributed by atoms with Crippen molar-refractivity contribution in [2.45, 2.75) is 74.8 Å². The molecule has 3 amide bonds. The van der Waals surface area contributed by atoms with Gasteiger partial charge in [-0.2, -0.15) is 13.2 Å². The fourth-order valence-corrected chi connectivity index (χ4v) is 10.8. The molecule has 2 aromatic carbocycles. The Kier molecular flexibility index (Phi) is 9.83. The van der Waals surface area contributed by atoms with Gasteiger partial charge in [-0.1, -0.05) is 0 Å². The summed E-state index contributed by atoms with van der Waals surface area (Å²) in [5, 5.41) is 2.61. The summed E-state index contributed by atoms with van der Waals surface area (Å²) in [4.78, 5) is 47.6. The zero-order valence-corrected chi connectivity index (χ0v) is 32.2. The van der Waals surface area contributed by atoms with Gasteiger partial charge >= 0.3 is 6.18 Å². The van der Waals surface area contributed by atoms with Gasteiger partial charge in [0.1, 0.15) is 33.8 Å². The first-order chi connectivity index (χ1) is 26.8. The standard InChI is InChI=1S/C37H39F6N5O7S2/c1-20(54-17-34-6-4-23(5-7-34)55-18-34)29(32(50)46-57(52,53)28-3-2-21(38)10-25(28)40)45-31(49)24-13-47(27-12-22(39)11-26-30(27)56-19-44-26)14-35(24)15-48(16-35)33(51)36(8-9-36)37(41,42)43/h2-3,10-12,19-20,23-24,29H,4-9,13-18H2,1H3,(H,45,49)(H,46,50)/t20-,23?,24+,29+,34?/m1/s1. The zero-order valence-electron chi connectivity index (χ0n) is 30.5. The van der Waals surface area contributed by atoms with Crippen LogP contribution in [0.4, 0.5) is 32.0 Å². The summed E-state index contributed by atoms with van der Waals surface area (Å²) >= 11 is 1.22. The Morgan fingerprint density at radius 2 is 1.75 bits per heavy atom. The first-order valence-corrected chi connectivity index (χ1v) is 20.9. The number of thiazole rings is 1. The summed E-state index contributed by atoms with van der Waals surface area (Å²) < 4.78 is 126. The molecule has 2 bridgehead atoms. The molecule has 2 N–H and O–H groups in total. The minimum Gasteiger partial charge on any atom is -0.378 e. The monoisotopic (exact) mass is 843 g/mol. The van der Waals surface area contributed by atoms with Gasteiger partial charge in [-0.3, -0.25) is 14.4 Å². The van der Waals surface area contributed by atoms with Crippen LogP contribution in [0.3, 0.4) is 0 Å². The summed E-state index contributed by atoms with van der Waals surface area (Å²) in [6.45, 7) is 1.37. The minimum absolute atomic E-state index is 0.0228. The Bertz CT molecular complexity index is 2210. The van der Waals surface area contributed by atoms with Gasteiger partial charge in [-0.15, -0.1) is 11.3 Å². The van der Waals surface area contributed by atoms with Crippen LogP contribution >= 0.6 is 11.3 Å². The molecule has 0 radical (unpaired) electrons. The molecule has 2 aliphatic carbocycles. The van der Waals surface area contributed by atoms with Crippen molar-refractivity contribution >= 4 is 55.0 Å². The second kappa shape index (κ2) is 14.1. The molecule has 20 heteroatoms. The van der Waals surface area contributed by atoms with E-state index < -0.39 is 85.2 Å². The molecular weight excluding hydrogens is 805 g/mol. The predicted octanol–water partition coefficient (Wildman–Crippen LogP) is 4.68. The molecule has 4 aliphatic heterocycles. The van der Waals surface area contributed by atoms with E-state index in [4.69, 9.17) is 9.47 Å². The van der Waals surface area contributed by atoms with Crippen molar-refractivity contribution in [3.63, 3.8) is 0 Å². The molecule has 6 fully saturated rings. The highest BCUT2D eigenvalue weighted by molar-refractivity contribution is 7.90. The van der Waals surface area contributed by atoms with Crippen molar-refractivity contribution < 1.29 is 58.6 Å². The van der Waals surface area contributed by atoms with E-state index in [2.05, 4.69) is 10.3 Å². The van der Waals surface area contributed by atoms with E-state index in [9.17, 15) is 49.1 Å². The second-order valence-corrected chi connectivity index (χ2v) is 18.7. The maximum Gasteiger partial charge on any atom is 0.403 e. The number of sulfonamides is 1. The number of hydrogen-bond donors (Lipinski definition) is 2. The number of fused-ring (bicyclic) bond motifs is 4. The van der Waals surface area contributed by atoms with Gasteiger partial charge in [0.15, 0.2) is 0 Å².